The van der Waals surface area contributed by atoms with Crippen LogP contribution < -0.4 is 21.9 Å². The highest BCUT2D eigenvalue weighted by Crippen LogP contribution is 2.19. The number of hydrogen-bond donors (Lipinski definition) is 2. The average molecular weight is 496 g/mol. The molecule has 0 atom stereocenters. The molecule has 0 aliphatic carbocycles. The van der Waals surface area contributed by atoms with Gasteiger partial charge in [-0.2, -0.15) is 4.39 Å². The van der Waals surface area contributed by atoms with Gasteiger partial charge in [-0.05, 0) is 45.8 Å². The molecule has 0 radical (unpaired) electrons. The van der Waals surface area contributed by atoms with Crippen LogP contribution in [0.5, 0.6) is 0 Å². The lowest BCUT2D eigenvalue weighted by molar-refractivity contribution is -0.117. The largest absolute Gasteiger partial charge is 0.332 e. The Labute approximate surface area is 209 Å². The van der Waals surface area contributed by atoms with Crippen LogP contribution in [-0.2, 0) is 22.7 Å². The molecule has 1 heterocycles. The molecule has 0 aliphatic rings. The van der Waals surface area contributed by atoms with Gasteiger partial charge in [-0.1, -0.05) is 60.7 Å². The molecule has 0 saturated heterocycles. The Morgan fingerprint density at radius 3 is 1.70 bits per heavy atom. The van der Waals surface area contributed by atoms with E-state index in [-0.39, 0.29) is 0 Å². The number of nitrogens with one attached hydrogen (secondary N) is 2. The van der Waals surface area contributed by atoms with Gasteiger partial charge in [-0.25, -0.2) is 9.36 Å². The fourth-order valence-corrected chi connectivity index (χ4v) is 4.10. The highest BCUT2D eigenvalue weighted by molar-refractivity contribution is 5.95. The summed E-state index contributed by atoms with van der Waals surface area (Å²) in [5, 5.41) is 9.05. The van der Waals surface area contributed by atoms with E-state index in [2.05, 4.69) is 10.6 Å². The van der Waals surface area contributed by atoms with Crippen LogP contribution in [-0.4, -0.2) is 20.9 Å². The zero-order valence-electron chi connectivity index (χ0n) is 19.5. The highest BCUT2D eigenvalue weighted by Gasteiger charge is 2.16. The second-order valence-electron chi connectivity index (χ2n) is 8.50. The predicted molar refractivity (Wildman–Crippen MR) is 140 cm³/mol. The van der Waals surface area contributed by atoms with Gasteiger partial charge in [-0.3, -0.25) is 19.0 Å². The van der Waals surface area contributed by atoms with Gasteiger partial charge in [0, 0.05) is 11.4 Å². The predicted octanol–water partition coefficient (Wildman–Crippen LogP) is 3.73. The Balaban J connectivity index is 1.32. The van der Waals surface area contributed by atoms with E-state index in [1.165, 1.54) is 0 Å². The number of aromatic nitrogens is 2. The fraction of sp³-hybridized carbons (Fsp3) is 0.0714. The SMILES string of the molecule is O=C(Cn1cc(F)c(=O)n(CC(=O)Nc2ccc3ccccc3c2)c1=O)Nc1ccc2ccccc2c1. The van der Waals surface area contributed by atoms with E-state index in [0.29, 0.717) is 22.1 Å². The van der Waals surface area contributed by atoms with Crippen LogP contribution in [0.1, 0.15) is 0 Å². The molecule has 1 aromatic heterocycles. The lowest BCUT2D eigenvalue weighted by Crippen LogP contribution is -2.44. The van der Waals surface area contributed by atoms with E-state index in [9.17, 15) is 23.6 Å². The maximum atomic E-state index is 14.4. The van der Waals surface area contributed by atoms with Gasteiger partial charge in [0.05, 0.1) is 6.20 Å². The van der Waals surface area contributed by atoms with Gasteiger partial charge in [0.25, 0.3) is 5.56 Å². The third-order valence-electron chi connectivity index (χ3n) is 5.88. The number of hydrogen-bond acceptors (Lipinski definition) is 4. The minimum absolute atomic E-state index is 0.461. The number of anilines is 2. The van der Waals surface area contributed by atoms with Crippen LogP contribution in [0, 0.1) is 5.82 Å². The topological polar surface area (TPSA) is 102 Å². The van der Waals surface area contributed by atoms with Crippen molar-refractivity contribution in [2.24, 2.45) is 0 Å². The Hall–Kier alpha value is -5.05. The molecule has 0 aliphatic heterocycles. The fourth-order valence-electron chi connectivity index (χ4n) is 4.10. The number of carbonyl (C=O) groups is 2. The first-order chi connectivity index (χ1) is 17.9. The minimum Gasteiger partial charge on any atom is -0.325 e. The molecule has 37 heavy (non-hydrogen) atoms. The van der Waals surface area contributed by atoms with Crippen LogP contribution in [0.4, 0.5) is 15.8 Å². The molecule has 5 rings (SSSR count). The summed E-state index contributed by atoms with van der Waals surface area (Å²) >= 11 is 0. The number of benzene rings is 4. The van der Waals surface area contributed by atoms with Gasteiger partial charge in [0.1, 0.15) is 13.1 Å². The zero-order valence-corrected chi connectivity index (χ0v) is 19.5. The summed E-state index contributed by atoms with van der Waals surface area (Å²) in [6.45, 7) is -1.26. The molecule has 4 aromatic carbocycles. The standard InChI is InChI=1S/C28H21FN4O4/c29-24-15-32(16-25(34)30-22-11-9-18-5-1-3-7-20(18)13-22)28(37)33(27(24)36)17-26(35)31-23-12-10-19-6-2-4-8-21(19)14-23/h1-15H,16-17H2,(H,30,34)(H,31,35). The van der Waals surface area contributed by atoms with E-state index in [0.717, 1.165) is 26.1 Å². The van der Waals surface area contributed by atoms with Crippen LogP contribution in [0.25, 0.3) is 21.5 Å². The van der Waals surface area contributed by atoms with Crippen LogP contribution in [0.2, 0.25) is 0 Å². The zero-order chi connectivity index (χ0) is 25.9. The second-order valence-corrected chi connectivity index (χ2v) is 8.50. The van der Waals surface area contributed by atoms with Crippen molar-refractivity contribution in [2.45, 2.75) is 13.1 Å². The van der Waals surface area contributed by atoms with Gasteiger partial charge in [0.2, 0.25) is 17.6 Å². The lowest BCUT2D eigenvalue weighted by Gasteiger charge is -2.12. The molecule has 0 spiro atoms. The third-order valence-corrected chi connectivity index (χ3v) is 5.88. The van der Waals surface area contributed by atoms with Crippen molar-refractivity contribution in [3.05, 3.63) is 118 Å². The molecule has 0 unspecified atom stereocenters. The maximum absolute atomic E-state index is 14.4. The molecule has 8 nitrogen and oxygen atoms in total. The third kappa shape index (κ3) is 5.15. The molecule has 5 aromatic rings. The molecule has 0 bridgehead atoms. The maximum Gasteiger partial charge on any atom is 0.332 e. The minimum atomic E-state index is -1.25. The first-order valence-electron chi connectivity index (χ1n) is 11.4. The molecular formula is C28H21FN4O4. The van der Waals surface area contributed by atoms with Crippen molar-refractivity contribution in [2.75, 3.05) is 10.6 Å². The number of halogens is 1. The van der Waals surface area contributed by atoms with Crippen molar-refractivity contribution in [1.82, 2.24) is 9.13 Å². The summed E-state index contributed by atoms with van der Waals surface area (Å²) < 4.78 is 15.6. The summed E-state index contributed by atoms with van der Waals surface area (Å²) in [6.07, 6.45) is 0.669. The van der Waals surface area contributed by atoms with Gasteiger partial charge >= 0.3 is 5.69 Å². The summed E-state index contributed by atoms with van der Waals surface area (Å²) in [7, 11) is 0. The van der Waals surface area contributed by atoms with Crippen molar-refractivity contribution in [3.63, 3.8) is 0 Å². The molecule has 0 saturated carbocycles. The number of amides is 2. The molecule has 184 valence electrons. The highest BCUT2D eigenvalue weighted by atomic mass is 19.1. The molecule has 2 amide bonds. The normalized spacial score (nSPS) is 10.9. The molecule has 9 heteroatoms. The second kappa shape index (κ2) is 9.90. The number of nitrogens with zero attached hydrogens (tertiary/aromatic N) is 2. The molecular weight excluding hydrogens is 475 g/mol. The average Bonchev–Trinajstić information content (AvgIpc) is 2.89. The van der Waals surface area contributed by atoms with E-state index in [4.69, 9.17) is 0 Å². The number of fused-ring (bicyclic) bond motifs is 2. The van der Waals surface area contributed by atoms with E-state index >= 15 is 0 Å². The van der Waals surface area contributed by atoms with E-state index < -0.39 is 42.0 Å². The molecule has 0 fully saturated rings. The number of carbonyl (C=O) groups excluding carboxylic acids is 2. The van der Waals surface area contributed by atoms with Crippen molar-refractivity contribution in [3.8, 4) is 0 Å². The van der Waals surface area contributed by atoms with Gasteiger partial charge in [-0.15, -0.1) is 0 Å². The van der Waals surface area contributed by atoms with Crippen LogP contribution in [0.3, 0.4) is 0 Å². The van der Waals surface area contributed by atoms with Gasteiger partial charge in [0.15, 0.2) is 0 Å². The van der Waals surface area contributed by atoms with Crippen molar-refractivity contribution in [1.29, 1.82) is 0 Å². The summed E-state index contributed by atoms with van der Waals surface area (Å²) in [5.41, 5.74) is -1.26. The molecule has 2 N–H and O–H groups in total. The Kier molecular flexibility index (Phi) is 6.34. The van der Waals surface area contributed by atoms with Gasteiger partial charge < -0.3 is 10.6 Å². The quantitative estimate of drug-likeness (QED) is 0.374. The summed E-state index contributed by atoms with van der Waals surface area (Å²) in [4.78, 5) is 50.3. The lowest BCUT2D eigenvalue weighted by atomic mass is 10.1. The smallest absolute Gasteiger partial charge is 0.325 e. The number of rotatable bonds is 6. The Morgan fingerprint density at radius 2 is 1.16 bits per heavy atom. The van der Waals surface area contributed by atoms with E-state index in [1.54, 1.807) is 24.3 Å². The summed E-state index contributed by atoms with van der Waals surface area (Å²) in [5.74, 6) is -2.54. The van der Waals surface area contributed by atoms with Crippen molar-refractivity contribution >= 4 is 44.7 Å². The Morgan fingerprint density at radius 1 is 0.676 bits per heavy atom. The van der Waals surface area contributed by atoms with Crippen LogP contribution in [0.15, 0.2) is 101 Å². The summed E-state index contributed by atoms with van der Waals surface area (Å²) in [6, 6.07) is 25.7. The Bertz CT molecular complexity index is 1790. The monoisotopic (exact) mass is 496 g/mol. The first kappa shape index (κ1) is 23.7. The van der Waals surface area contributed by atoms with Crippen LogP contribution >= 0.6 is 0 Å². The van der Waals surface area contributed by atoms with Crippen molar-refractivity contribution < 1.29 is 14.0 Å². The van der Waals surface area contributed by atoms with E-state index in [1.807, 2.05) is 60.7 Å². The first-order valence-corrected chi connectivity index (χ1v) is 11.4.